The first-order valence-electron chi connectivity index (χ1n) is 8.82. The average molecular weight is 405 g/mol. The Hall–Kier alpha value is -0.750. The molecule has 8 atom stereocenters. The van der Waals surface area contributed by atoms with Crippen molar-refractivity contribution >= 4 is 10.9 Å². The Kier molecular flexibility index (Phi) is 8.93. The topological polar surface area (TPSA) is 151 Å². The van der Waals surface area contributed by atoms with Crippen LogP contribution < -0.4 is 0 Å². The van der Waals surface area contributed by atoms with Crippen molar-refractivity contribution in [2.45, 2.75) is 48.5 Å². The first kappa shape index (κ1) is 22.5. The third-order valence-electron chi connectivity index (χ3n) is 4.74. The van der Waals surface area contributed by atoms with Gasteiger partial charge in [-0.1, -0.05) is 30.3 Å². The number of rotatable bonds is 10. The molecule has 1 aliphatic heterocycles. The number of hydrogen-bond acceptors (Lipinski definition) is 8. The van der Waals surface area contributed by atoms with E-state index in [0.29, 0.717) is 0 Å². The van der Waals surface area contributed by atoms with Gasteiger partial charge in [-0.3, -0.25) is 0 Å². The van der Waals surface area contributed by atoms with E-state index in [-0.39, 0.29) is 24.7 Å². The average Bonchev–Trinajstić information content (AvgIpc) is 2.94. The molecule has 0 radical (unpaired) electrons. The van der Waals surface area contributed by atoms with E-state index in [1.165, 1.54) is 0 Å². The summed E-state index contributed by atoms with van der Waals surface area (Å²) in [5.41, 5.74) is 0.808. The van der Waals surface area contributed by atoms with E-state index in [4.69, 9.17) is 9.84 Å². The van der Waals surface area contributed by atoms with Crippen LogP contribution in [0, 0.1) is 0 Å². The van der Waals surface area contributed by atoms with E-state index < -0.39 is 59.4 Å². The minimum absolute atomic E-state index is 0.0774. The predicted molar refractivity (Wildman–Crippen MR) is 100 cm³/mol. The second-order valence-electron chi connectivity index (χ2n) is 6.72. The van der Waals surface area contributed by atoms with Crippen LogP contribution in [0.3, 0.4) is 0 Å². The zero-order valence-corrected chi connectivity index (χ0v) is 15.7. The Labute approximate surface area is 161 Å². The largest absolute Gasteiger partial charge is 0.394 e. The highest BCUT2D eigenvalue weighted by molar-refractivity contribution is 7.97. The van der Waals surface area contributed by atoms with Gasteiger partial charge in [0.25, 0.3) is 0 Å². The number of hydrogen-bond donors (Lipinski definition) is 7. The molecule has 1 aromatic carbocycles. The molecular weight excluding hydrogens is 376 g/mol. The normalized spacial score (nSPS) is 30.0. The lowest BCUT2D eigenvalue weighted by molar-refractivity contribution is -0.141. The number of benzene rings is 1. The van der Waals surface area contributed by atoms with E-state index in [2.05, 4.69) is 0 Å². The van der Waals surface area contributed by atoms with E-state index in [9.17, 15) is 30.6 Å². The standard InChI is InChI=1S/C18H29O8S/c19-6-12(21)17(25)18(26-8-11-4-2-1-3-5-11)14(23)10-27-9-13(22)16(24)15(27)7-20/h1-5,12-25H,6-10H2/q+1/t12-,13+,14+,15+,16-,17+,18-,27?/m0/s1. The molecule has 9 heteroatoms. The van der Waals surface area contributed by atoms with Crippen LogP contribution in [0.15, 0.2) is 30.3 Å². The van der Waals surface area contributed by atoms with Crippen molar-refractivity contribution in [1.29, 1.82) is 0 Å². The fraction of sp³-hybridized carbons (Fsp3) is 0.667. The zero-order valence-electron chi connectivity index (χ0n) is 14.9. The summed E-state index contributed by atoms with van der Waals surface area (Å²) in [6, 6.07) is 9.10. The van der Waals surface area contributed by atoms with Crippen molar-refractivity contribution in [3.63, 3.8) is 0 Å². The molecule has 154 valence electrons. The van der Waals surface area contributed by atoms with Crippen molar-refractivity contribution in [1.82, 2.24) is 0 Å². The highest BCUT2D eigenvalue weighted by atomic mass is 32.2. The van der Waals surface area contributed by atoms with E-state index in [0.717, 1.165) is 5.56 Å². The lowest BCUT2D eigenvalue weighted by Gasteiger charge is -2.29. The molecule has 1 heterocycles. The smallest absolute Gasteiger partial charge is 0.169 e. The first-order chi connectivity index (χ1) is 12.9. The van der Waals surface area contributed by atoms with Gasteiger partial charge in [-0.15, -0.1) is 0 Å². The van der Waals surface area contributed by atoms with Crippen molar-refractivity contribution in [3.8, 4) is 0 Å². The number of aliphatic hydroxyl groups is 7. The van der Waals surface area contributed by atoms with Gasteiger partial charge in [0.05, 0.1) is 19.8 Å². The highest BCUT2D eigenvalue weighted by Crippen LogP contribution is 2.26. The van der Waals surface area contributed by atoms with E-state index in [1.54, 1.807) is 0 Å². The Morgan fingerprint density at radius 2 is 1.70 bits per heavy atom. The molecule has 0 saturated carbocycles. The molecule has 0 aromatic heterocycles. The monoisotopic (exact) mass is 405 g/mol. The molecule has 2 rings (SSSR count). The van der Waals surface area contributed by atoms with Crippen molar-refractivity contribution < 1.29 is 40.5 Å². The maximum Gasteiger partial charge on any atom is 0.169 e. The molecule has 0 bridgehead atoms. The highest BCUT2D eigenvalue weighted by Gasteiger charge is 2.51. The third-order valence-corrected chi connectivity index (χ3v) is 7.56. The lowest BCUT2D eigenvalue weighted by atomic mass is 10.0. The summed E-state index contributed by atoms with van der Waals surface area (Å²) in [6.45, 7) is -0.937. The van der Waals surface area contributed by atoms with Gasteiger partial charge < -0.3 is 40.5 Å². The Morgan fingerprint density at radius 1 is 1.04 bits per heavy atom. The van der Waals surface area contributed by atoms with Gasteiger partial charge in [0.2, 0.25) is 0 Å². The predicted octanol–water partition coefficient (Wildman–Crippen LogP) is -2.64. The van der Waals surface area contributed by atoms with Gasteiger partial charge in [0.1, 0.15) is 48.1 Å². The van der Waals surface area contributed by atoms with Crippen LogP contribution >= 0.6 is 0 Å². The summed E-state index contributed by atoms with van der Waals surface area (Å²) in [5, 5.41) is 68.5. The molecule has 0 amide bonds. The Balaban J connectivity index is 2.06. The van der Waals surface area contributed by atoms with Gasteiger partial charge in [-0.2, -0.15) is 0 Å². The zero-order chi connectivity index (χ0) is 20.0. The van der Waals surface area contributed by atoms with Crippen LogP contribution in [0.1, 0.15) is 5.56 Å². The van der Waals surface area contributed by atoms with Gasteiger partial charge in [-0.05, 0) is 5.56 Å². The van der Waals surface area contributed by atoms with Crippen LogP contribution in [-0.4, -0.2) is 102 Å². The van der Waals surface area contributed by atoms with Crippen LogP contribution in [0.2, 0.25) is 0 Å². The fourth-order valence-electron chi connectivity index (χ4n) is 3.14. The second kappa shape index (κ2) is 10.7. The van der Waals surface area contributed by atoms with Crippen molar-refractivity contribution in [2.75, 3.05) is 24.7 Å². The lowest BCUT2D eigenvalue weighted by Crippen LogP contribution is -2.50. The fourth-order valence-corrected chi connectivity index (χ4v) is 5.82. The van der Waals surface area contributed by atoms with Gasteiger partial charge in [-0.25, -0.2) is 0 Å². The molecule has 8 nitrogen and oxygen atoms in total. The first-order valence-corrected chi connectivity index (χ1v) is 10.5. The SMILES string of the molecule is OC[C@@H]1[C@@H](O)[C@H](O)C[S+]1C[C@@H](O)[C@H](OCc1ccccc1)[C@H](O)[C@@H](O)CO. The van der Waals surface area contributed by atoms with Crippen LogP contribution in [0.4, 0.5) is 0 Å². The summed E-state index contributed by atoms with van der Waals surface area (Å²) >= 11 is 0. The summed E-state index contributed by atoms with van der Waals surface area (Å²) in [7, 11) is -0.691. The van der Waals surface area contributed by atoms with Crippen LogP contribution in [0.25, 0.3) is 0 Å². The molecule has 1 aromatic rings. The molecule has 1 unspecified atom stereocenters. The Bertz CT molecular complexity index is 547. The van der Waals surface area contributed by atoms with Crippen molar-refractivity contribution in [3.05, 3.63) is 35.9 Å². The molecule has 1 fully saturated rings. The third kappa shape index (κ3) is 5.86. The molecule has 1 saturated heterocycles. The maximum atomic E-state index is 10.6. The summed E-state index contributed by atoms with van der Waals surface area (Å²) in [5.74, 6) is 0.307. The summed E-state index contributed by atoms with van der Waals surface area (Å²) < 4.78 is 5.65. The van der Waals surface area contributed by atoms with E-state index in [1.807, 2.05) is 30.3 Å². The van der Waals surface area contributed by atoms with Crippen molar-refractivity contribution in [2.24, 2.45) is 0 Å². The maximum absolute atomic E-state index is 10.6. The molecule has 1 aliphatic rings. The molecule has 7 N–H and O–H groups in total. The molecule has 0 aliphatic carbocycles. The van der Waals surface area contributed by atoms with Crippen LogP contribution in [-0.2, 0) is 22.2 Å². The van der Waals surface area contributed by atoms with E-state index >= 15 is 0 Å². The summed E-state index contributed by atoms with van der Waals surface area (Å²) in [6.07, 6.45) is -7.47. The summed E-state index contributed by atoms with van der Waals surface area (Å²) in [4.78, 5) is 0. The minimum atomic E-state index is -1.53. The van der Waals surface area contributed by atoms with Crippen LogP contribution in [0.5, 0.6) is 0 Å². The minimum Gasteiger partial charge on any atom is -0.394 e. The second-order valence-corrected chi connectivity index (χ2v) is 9.07. The number of aliphatic hydroxyl groups excluding tert-OH is 7. The Morgan fingerprint density at radius 3 is 2.30 bits per heavy atom. The molecular formula is C18H29O8S+. The van der Waals surface area contributed by atoms with Gasteiger partial charge >= 0.3 is 0 Å². The molecule has 0 spiro atoms. The number of ether oxygens (including phenoxy) is 1. The quantitative estimate of drug-likeness (QED) is 0.209. The van der Waals surface area contributed by atoms with Gasteiger partial charge in [0, 0.05) is 10.9 Å². The molecule has 27 heavy (non-hydrogen) atoms. The van der Waals surface area contributed by atoms with Gasteiger partial charge in [0.15, 0.2) is 5.25 Å².